The summed E-state index contributed by atoms with van der Waals surface area (Å²) in [6.45, 7) is 1.85. The number of hydrogen-bond acceptors (Lipinski definition) is 8. The molecular weight excluding hydrogens is 584 g/mol. The van der Waals surface area contributed by atoms with E-state index in [1.165, 1.54) is 34.4 Å². The van der Waals surface area contributed by atoms with Gasteiger partial charge in [-0.1, -0.05) is 27.7 Å². The summed E-state index contributed by atoms with van der Waals surface area (Å²) in [7, 11) is 0. The number of thioether (sulfide) groups is 1. The van der Waals surface area contributed by atoms with Crippen molar-refractivity contribution in [2.45, 2.75) is 16.5 Å². The Hall–Kier alpha value is -1.79. The number of anilines is 1. The molecule has 1 atom stereocenters. The summed E-state index contributed by atoms with van der Waals surface area (Å²) in [5.74, 6) is 0.0269. The van der Waals surface area contributed by atoms with Crippen molar-refractivity contribution in [1.29, 1.82) is 0 Å². The van der Waals surface area contributed by atoms with Crippen molar-refractivity contribution in [3.63, 3.8) is 0 Å². The van der Waals surface area contributed by atoms with Gasteiger partial charge in [0, 0.05) is 27.8 Å². The summed E-state index contributed by atoms with van der Waals surface area (Å²) < 4.78 is 3.22. The molecule has 0 saturated heterocycles. The Bertz CT molecular complexity index is 1280. The summed E-state index contributed by atoms with van der Waals surface area (Å²) in [6.07, 6.45) is 3.27. The number of carbonyl (C=O) groups is 1. The lowest BCUT2D eigenvalue weighted by Gasteiger charge is -2.07. The van der Waals surface area contributed by atoms with Crippen LogP contribution in [0.15, 0.2) is 60.2 Å². The van der Waals surface area contributed by atoms with Crippen molar-refractivity contribution < 1.29 is 9.90 Å². The molecule has 158 valence electrons. The van der Waals surface area contributed by atoms with Crippen molar-refractivity contribution in [2.24, 2.45) is 4.99 Å². The maximum Gasteiger partial charge on any atom is 0.239 e. The number of fused-ring (bicyclic) bond motifs is 1. The number of phenolic OH excluding ortho intramolecular Hbond substituents is 1. The molecule has 2 aromatic heterocycles. The van der Waals surface area contributed by atoms with E-state index in [9.17, 15) is 9.90 Å². The molecule has 0 fully saturated rings. The fourth-order valence-electron chi connectivity index (χ4n) is 2.55. The van der Waals surface area contributed by atoms with E-state index in [1.54, 1.807) is 24.5 Å². The topological polar surface area (TPSA) is 87.5 Å². The van der Waals surface area contributed by atoms with Crippen LogP contribution in [0, 0.1) is 0 Å². The predicted molar refractivity (Wildman–Crippen MR) is 136 cm³/mol. The molecule has 31 heavy (non-hydrogen) atoms. The molecule has 6 nitrogen and oxygen atoms in total. The van der Waals surface area contributed by atoms with Crippen molar-refractivity contribution in [2.75, 3.05) is 5.32 Å². The average molecular weight is 598 g/mol. The van der Waals surface area contributed by atoms with Crippen LogP contribution in [-0.2, 0) is 4.79 Å². The maximum atomic E-state index is 12.3. The third-order valence-electron chi connectivity index (χ3n) is 4.07. The summed E-state index contributed by atoms with van der Waals surface area (Å²) in [6, 6.07) is 9.28. The van der Waals surface area contributed by atoms with Crippen LogP contribution in [0.3, 0.4) is 0 Å². The molecule has 0 radical (unpaired) electrons. The van der Waals surface area contributed by atoms with Gasteiger partial charge < -0.3 is 10.4 Å². The van der Waals surface area contributed by atoms with Gasteiger partial charge in [-0.15, -0.1) is 22.7 Å². The van der Waals surface area contributed by atoms with Crippen LogP contribution in [0.5, 0.6) is 5.75 Å². The number of thiazole rings is 2. The molecule has 0 bridgehead atoms. The van der Waals surface area contributed by atoms with E-state index in [-0.39, 0.29) is 16.9 Å². The Balaban J connectivity index is 1.49. The van der Waals surface area contributed by atoms with E-state index in [1.807, 2.05) is 30.5 Å². The smallest absolute Gasteiger partial charge is 0.239 e. The number of benzene rings is 2. The molecule has 1 unspecified atom stereocenters. The van der Waals surface area contributed by atoms with Crippen LogP contribution in [0.2, 0.25) is 0 Å². The quantitative estimate of drug-likeness (QED) is 0.187. The van der Waals surface area contributed by atoms with Gasteiger partial charge in [0.05, 0.1) is 25.6 Å². The van der Waals surface area contributed by atoms with Gasteiger partial charge in [-0.2, -0.15) is 0 Å². The molecule has 0 aliphatic heterocycles. The van der Waals surface area contributed by atoms with Crippen LogP contribution in [0.25, 0.3) is 10.2 Å². The van der Waals surface area contributed by atoms with Gasteiger partial charge in [0.25, 0.3) is 0 Å². The summed E-state index contributed by atoms with van der Waals surface area (Å²) in [4.78, 5) is 25.5. The number of phenols is 1. The number of carbonyl (C=O) groups excluding carboxylic acids is 1. The molecular formula is C20H14Br2N4O2S3. The third kappa shape index (κ3) is 5.53. The number of nitrogens with one attached hydrogen (secondary N) is 1. The van der Waals surface area contributed by atoms with Gasteiger partial charge in [-0.3, -0.25) is 9.79 Å². The molecule has 2 aromatic carbocycles. The Labute approximate surface area is 207 Å². The Morgan fingerprint density at radius 1 is 1.32 bits per heavy atom. The summed E-state index contributed by atoms with van der Waals surface area (Å²) in [5.41, 5.74) is 2.20. The highest BCUT2D eigenvalue weighted by molar-refractivity contribution is 9.11. The largest absolute Gasteiger partial charge is 0.506 e. The van der Waals surface area contributed by atoms with E-state index in [0.29, 0.717) is 15.2 Å². The fraction of sp³-hybridized carbons (Fsp3) is 0.100. The highest BCUT2D eigenvalue weighted by Gasteiger charge is 2.18. The van der Waals surface area contributed by atoms with E-state index in [0.717, 1.165) is 24.7 Å². The van der Waals surface area contributed by atoms with Crippen LogP contribution < -0.4 is 5.32 Å². The van der Waals surface area contributed by atoms with Gasteiger partial charge in [0.1, 0.15) is 5.75 Å². The second kappa shape index (κ2) is 9.78. The van der Waals surface area contributed by atoms with E-state index in [4.69, 9.17) is 0 Å². The second-order valence-corrected chi connectivity index (χ2v) is 11.6. The number of aliphatic imine (C=N–C) groups is 1. The number of nitrogens with zero attached hydrogens (tertiary/aromatic N) is 3. The zero-order valence-corrected chi connectivity index (χ0v) is 21.5. The molecule has 2 heterocycles. The van der Waals surface area contributed by atoms with Crippen molar-refractivity contribution in [3.8, 4) is 5.75 Å². The second-order valence-electron chi connectivity index (χ2n) is 6.30. The lowest BCUT2D eigenvalue weighted by Crippen LogP contribution is -2.22. The molecule has 0 aliphatic rings. The molecule has 0 aliphatic carbocycles. The predicted octanol–water partition coefficient (Wildman–Crippen LogP) is 6.85. The van der Waals surface area contributed by atoms with Crippen LogP contribution >= 0.6 is 66.3 Å². The minimum absolute atomic E-state index is 0.107. The summed E-state index contributed by atoms with van der Waals surface area (Å²) in [5, 5.41) is 15.1. The Morgan fingerprint density at radius 2 is 2.16 bits per heavy atom. The lowest BCUT2D eigenvalue weighted by molar-refractivity contribution is -0.115. The molecule has 2 N–H and O–H groups in total. The maximum absolute atomic E-state index is 12.3. The van der Waals surface area contributed by atoms with Gasteiger partial charge in [0.2, 0.25) is 5.91 Å². The summed E-state index contributed by atoms with van der Waals surface area (Å²) >= 11 is 11.0. The normalized spacial score (nSPS) is 12.5. The number of rotatable bonds is 6. The van der Waals surface area contributed by atoms with Crippen molar-refractivity contribution >= 4 is 99.5 Å². The first kappa shape index (κ1) is 22.4. The van der Waals surface area contributed by atoms with Gasteiger partial charge in [0.15, 0.2) is 9.47 Å². The first-order valence-corrected chi connectivity index (χ1v) is 13.0. The monoisotopic (exact) mass is 596 g/mol. The molecule has 4 aromatic rings. The van der Waals surface area contributed by atoms with Crippen LogP contribution in [0.1, 0.15) is 12.5 Å². The van der Waals surface area contributed by atoms with Crippen molar-refractivity contribution in [3.05, 3.63) is 56.4 Å². The highest BCUT2D eigenvalue weighted by Crippen LogP contribution is 2.35. The average Bonchev–Trinajstić information content (AvgIpc) is 3.38. The van der Waals surface area contributed by atoms with Crippen LogP contribution in [0.4, 0.5) is 10.8 Å². The first-order chi connectivity index (χ1) is 14.9. The van der Waals surface area contributed by atoms with E-state index < -0.39 is 0 Å². The first-order valence-electron chi connectivity index (χ1n) is 8.89. The van der Waals surface area contributed by atoms with Crippen molar-refractivity contribution in [1.82, 2.24) is 9.97 Å². The molecule has 4 rings (SSSR count). The van der Waals surface area contributed by atoms with Gasteiger partial charge in [-0.25, -0.2) is 9.97 Å². The third-order valence-corrected chi connectivity index (χ3v) is 8.03. The number of aromatic nitrogens is 2. The molecule has 11 heteroatoms. The van der Waals surface area contributed by atoms with E-state index >= 15 is 0 Å². The highest BCUT2D eigenvalue weighted by atomic mass is 79.9. The number of aromatic hydroxyl groups is 1. The Morgan fingerprint density at radius 3 is 2.94 bits per heavy atom. The molecule has 0 saturated carbocycles. The standard InChI is InChI=1S/C20H14Br2N4O2S3/c1-10(18(28)26-19-23-4-5-29-19)30-20-25-15-3-2-13(8-16(15)31-20)24-9-11-6-12(21)7-14(22)17(11)27/h2-10,27H,1H3,(H,23,26,28). The van der Waals surface area contributed by atoms with Gasteiger partial charge >= 0.3 is 0 Å². The SMILES string of the molecule is CC(Sc1nc2ccc(N=Cc3cc(Br)cc(Br)c3O)cc2s1)C(=O)Nc1nccs1. The minimum Gasteiger partial charge on any atom is -0.506 e. The number of halogens is 2. The number of hydrogen-bond donors (Lipinski definition) is 2. The lowest BCUT2D eigenvalue weighted by atomic mass is 10.2. The molecule has 1 amide bonds. The van der Waals surface area contributed by atoms with E-state index in [2.05, 4.69) is 52.1 Å². The minimum atomic E-state index is -0.306. The van der Waals surface area contributed by atoms with Gasteiger partial charge in [-0.05, 0) is 53.2 Å². The zero-order valence-electron chi connectivity index (χ0n) is 15.9. The fourth-order valence-corrected chi connectivity index (χ4v) is 6.58. The number of amides is 1. The zero-order chi connectivity index (χ0) is 22.0. The van der Waals surface area contributed by atoms with Crippen LogP contribution in [-0.4, -0.2) is 32.4 Å². The molecule has 0 spiro atoms. The Kier molecular flexibility index (Phi) is 7.07.